The molecule has 0 aromatic carbocycles. The van der Waals surface area contributed by atoms with E-state index in [0.717, 1.165) is 36.9 Å². The lowest BCUT2D eigenvalue weighted by molar-refractivity contribution is 0.0780. The van der Waals surface area contributed by atoms with Gasteiger partial charge >= 0.3 is 0 Å². The summed E-state index contributed by atoms with van der Waals surface area (Å²) in [4.78, 5) is 14.6. The summed E-state index contributed by atoms with van der Waals surface area (Å²) in [7, 11) is 3.61. The smallest absolute Gasteiger partial charge is 0.259 e. The monoisotopic (exact) mass is 325 g/mol. The van der Waals surface area contributed by atoms with Crippen LogP contribution in [0, 0.1) is 0 Å². The molecule has 0 radical (unpaired) electrons. The van der Waals surface area contributed by atoms with Gasteiger partial charge in [0, 0.05) is 39.5 Å². The summed E-state index contributed by atoms with van der Waals surface area (Å²) < 4.78 is 5.71. The van der Waals surface area contributed by atoms with Gasteiger partial charge in [-0.15, -0.1) is 10.2 Å². The zero-order valence-electron chi connectivity index (χ0n) is 13.8. The first-order valence-corrected chi connectivity index (χ1v) is 7.97. The molecule has 4 heterocycles. The Kier molecular flexibility index (Phi) is 3.44. The number of amides is 1. The van der Waals surface area contributed by atoms with Gasteiger partial charge in [-0.05, 0) is 18.6 Å². The minimum Gasteiger partial charge on any atom is -0.334 e. The molecule has 0 bridgehead atoms. The average molecular weight is 325 g/mol. The zero-order chi connectivity index (χ0) is 16.7. The van der Waals surface area contributed by atoms with Gasteiger partial charge in [0.15, 0.2) is 5.82 Å². The largest absolute Gasteiger partial charge is 0.334 e. The van der Waals surface area contributed by atoms with Crippen LogP contribution < -0.4 is 0 Å². The van der Waals surface area contributed by atoms with Gasteiger partial charge in [-0.2, -0.15) is 5.10 Å². The maximum atomic E-state index is 12.9. The molecule has 8 nitrogen and oxygen atoms in total. The van der Waals surface area contributed by atoms with Crippen LogP contribution in [0.1, 0.15) is 28.4 Å². The van der Waals surface area contributed by atoms with Crippen LogP contribution in [0.25, 0.3) is 5.82 Å². The molecule has 0 fully saturated rings. The molecule has 1 aliphatic rings. The van der Waals surface area contributed by atoms with E-state index in [1.807, 2.05) is 36.1 Å². The number of carbonyl (C=O) groups is 1. The van der Waals surface area contributed by atoms with Crippen LogP contribution in [0.4, 0.5) is 0 Å². The topological polar surface area (TPSA) is 73.8 Å². The van der Waals surface area contributed by atoms with E-state index in [1.54, 1.807) is 22.8 Å². The molecule has 124 valence electrons. The summed E-state index contributed by atoms with van der Waals surface area (Å²) >= 11 is 0. The van der Waals surface area contributed by atoms with Crippen LogP contribution in [0.15, 0.2) is 30.7 Å². The molecule has 0 spiro atoms. The summed E-state index contributed by atoms with van der Waals surface area (Å²) in [6, 6.07) is 3.84. The third-order valence-corrected chi connectivity index (χ3v) is 4.40. The minimum absolute atomic E-state index is 0.0813. The van der Waals surface area contributed by atoms with Gasteiger partial charge < -0.3 is 14.0 Å². The number of hydrogen-bond acceptors (Lipinski definition) is 4. The van der Waals surface area contributed by atoms with E-state index in [2.05, 4.69) is 19.9 Å². The molecular weight excluding hydrogens is 306 g/mol. The van der Waals surface area contributed by atoms with Crippen molar-refractivity contribution in [2.75, 3.05) is 7.05 Å². The first kappa shape index (κ1) is 14.7. The highest BCUT2D eigenvalue weighted by molar-refractivity contribution is 5.96. The molecule has 4 rings (SSSR count). The fourth-order valence-corrected chi connectivity index (χ4v) is 3.18. The van der Waals surface area contributed by atoms with Crippen molar-refractivity contribution in [3.63, 3.8) is 0 Å². The summed E-state index contributed by atoms with van der Waals surface area (Å²) in [5.41, 5.74) is 0.567. The standard InChI is InChI=1S/C16H19N7O/c1-20(11-14-19-18-13-6-5-9-23(13)14)16(24)12-10-17-21(2)15(12)22-7-3-4-8-22/h3-4,7-8,10H,5-6,9,11H2,1-2H3. The normalized spacial score (nSPS) is 13.2. The molecule has 0 saturated heterocycles. The Hall–Kier alpha value is -2.90. The summed E-state index contributed by atoms with van der Waals surface area (Å²) in [6.07, 6.45) is 7.47. The molecule has 1 amide bonds. The fraction of sp³-hybridized carbons (Fsp3) is 0.375. The van der Waals surface area contributed by atoms with Crippen molar-refractivity contribution in [1.82, 2.24) is 34.0 Å². The van der Waals surface area contributed by atoms with Crippen molar-refractivity contribution < 1.29 is 4.79 Å². The number of rotatable bonds is 4. The molecule has 0 aliphatic carbocycles. The van der Waals surface area contributed by atoms with Gasteiger partial charge in [0.05, 0.1) is 12.7 Å². The van der Waals surface area contributed by atoms with E-state index < -0.39 is 0 Å². The highest BCUT2D eigenvalue weighted by atomic mass is 16.2. The fourth-order valence-electron chi connectivity index (χ4n) is 3.18. The third-order valence-electron chi connectivity index (χ3n) is 4.40. The van der Waals surface area contributed by atoms with Crippen LogP contribution in [-0.4, -0.2) is 47.0 Å². The molecular formula is C16H19N7O. The SMILES string of the molecule is CN(Cc1nnc2n1CCC2)C(=O)c1cnn(C)c1-n1cccc1. The van der Waals surface area contributed by atoms with E-state index in [9.17, 15) is 4.79 Å². The van der Waals surface area contributed by atoms with Gasteiger partial charge in [-0.3, -0.25) is 9.48 Å². The maximum Gasteiger partial charge on any atom is 0.259 e. The minimum atomic E-state index is -0.0813. The molecule has 0 unspecified atom stereocenters. The number of aromatic nitrogens is 6. The van der Waals surface area contributed by atoms with E-state index in [1.165, 1.54) is 0 Å². The van der Waals surface area contributed by atoms with Gasteiger partial charge in [0.1, 0.15) is 17.2 Å². The van der Waals surface area contributed by atoms with E-state index >= 15 is 0 Å². The van der Waals surface area contributed by atoms with Crippen molar-refractivity contribution in [2.45, 2.75) is 25.9 Å². The van der Waals surface area contributed by atoms with Crippen LogP contribution in [0.2, 0.25) is 0 Å². The molecule has 3 aromatic heterocycles. The number of aryl methyl sites for hydroxylation is 2. The molecule has 0 atom stereocenters. The number of carbonyl (C=O) groups excluding carboxylic acids is 1. The predicted molar refractivity (Wildman–Crippen MR) is 86.7 cm³/mol. The zero-order valence-corrected chi connectivity index (χ0v) is 13.8. The lowest BCUT2D eigenvalue weighted by atomic mass is 10.2. The van der Waals surface area contributed by atoms with Crippen LogP contribution in [0.5, 0.6) is 0 Å². The van der Waals surface area contributed by atoms with Gasteiger partial charge in [-0.1, -0.05) is 0 Å². The highest BCUT2D eigenvalue weighted by Gasteiger charge is 2.24. The third kappa shape index (κ3) is 2.31. The first-order valence-electron chi connectivity index (χ1n) is 7.97. The second kappa shape index (κ2) is 5.63. The number of nitrogens with zero attached hydrogens (tertiary/aromatic N) is 7. The Labute approximate surface area is 139 Å². The van der Waals surface area contributed by atoms with Crippen molar-refractivity contribution in [3.8, 4) is 5.82 Å². The highest BCUT2D eigenvalue weighted by Crippen LogP contribution is 2.18. The second-order valence-electron chi connectivity index (χ2n) is 6.04. The second-order valence-corrected chi connectivity index (χ2v) is 6.04. The summed E-state index contributed by atoms with van der Waals surface area (Å²) in [5, 5.41) is 12.7. The Morgan fingerprint density at radius 3 is 2.88 bits per heavy atom. The molecule has 24 heavy (non-hydrogen) atoms. The lowest BCUT2D eigenvalue weighted by Gasteiger charge is -2.17. The van der Waals surface area contributed by atoms with Crippen molar-refractivity contribution in [2.24, 2.45) is 7.05 Å². The number of hydrogen-bond donors (Lipinski definition) is 0. The van der Waals surface area contributed by atoms with Gasteiger partial charge in [-0.25, -0.2) is 0 Å². The average Bonchev–Trinajstić information content (AvgIpc) is 3.31. The molecule has 0 N–H and O–H groups in total. The van der Waals surface area contributed by atoms with E-state index in [4.69, 9.17) is 0 Å². The van der Waals surface area contributed by atoms with Crippen LogP contribution >= 0.6 is 0 Å². The van der Waals surface area contributed by atoms with Crippen molar-refractivity contribution >= 4 is 5.91 Å². The lowest BCUT2D eigenvalue weighted by Crippen LogP contribution is -2.28. The van der Waals surface area contributed by atoms with Crippen LogP contribution in [0.3, 0.4) is 0 Å². The Balaban J connectivity index is 1.60. The Bertz CT molecular complexity index is 875. The molecule has 0 saturated carbocycles. The van der Waals surface area contributed by atoms with Gasteiger partial charge in [0.2, 0.25) is 0 Å². The van der Waals surface area contributed by atoms with E-state index in [0.29, 0.717) is 12.1 Å². The summed E-state index contributed by atoms with van der Waals surface area (Å²) in [6.45, 7) is 1.37. The molecule has 3 aromatic rings. The maximum absolute atomic E-state index is 12.9. The predicted octanol–water partition coefficient (Wildman–Crippen LogP) is 1.02. The van der Waals surface area contributed by atoms with Crippen molar-refractivity contribution in [3.05, 3.63) is 47.9 Å². The summed E-state index contributed by atoms with van der Waals surface area (Å²) in [5.74, 6) is 2.52. The first-order chi connectivity index (χ1) is 11.6. The van der Waals surface area contributed by atoms with Crippen LogP contribution in [-0.2, 0) is 26.6 Å². The molecule has 8 heteroatoms. The van der Waals surface area contributed by atoms with E-state index in [-0.39, 0.29) is 5.91 Å². The Morgan fingerprint density at radius 2 is 2.08 bits per heavy atom. The van der Waals surface area contributed by atoms with Gasteiger partial charge in [0.25, 0.3) is 5.91 Å². The number of fused-ring (bicyclic) bond motifs is 1. The molecule has 1 aliphatic heterocycles. The Morgan fingerprint density at radius 1 is 1.29 bits per heavy atom. The quantitative estimate of drug-likeness (QED) is 0.718. The van der Waals surface area contributed by atoms with Crippen molar-refractivity contribution in [1.29, 1.82) is 0 Å².